The molecule has 0 spiro atoms. The summed E-state index contributed by atoms with van der Waals surface area (Å²) in [7, 11) is 0. The molecule has 0 atom stereocenters. The van der Waals surface area contributed by atoms with Gasteiger partial charge in [-0.25, -0.2) is 35.1 Å². The Morgan fingerprint density at radius 2 is 1.35 bits per heavy atom. The van der Waals surface area contributed by atoms with Crippen LogP contribution in [0, 0.1) is 40.8 Å². The molecule has 0 radical (unpaired) electrons. The lowest BCUT2D eigenvalue weighted by Crippen LogP contribution is -2.27. The van der Waals surface area contributed by atoms with Crippen LogP contribution in [-0.4, -0.2) is 13.2 Å². The Morgan fingerprint density at radius 3 is 1.89 bits per heavy atom. The van der Waals surface area contributed by atoms with Crippen molar-refractivity contribution >= 4 is 11.7 Å². The summed E-state index contributed by atoms with van der Waals surface area (Å²) in [6, 6.07) is 5.21. The first kappa shape index (κ1) is 26.8. The zero-order valence-electron chi connectivity index (χ0n) is 19.4. The molecule has 10 heteroatoms. The number of rotatable bonds is 6. The van der Waals surface area contributed by atoms with Crippen molar-refractivity contribution < 1.29 is 44.6 Å². The number of halogens is 8. The van der Waals surface area contributed by atoms with Gasteiger partial charge in [0.15, 0.2) is 35.4 Å². The smallest absolute Gasteiger partial charge is 0.194 e. The van der Waals surface area contributed by atoms with Gasteiger partial charge in [0.25, 0.3) is 0 Å². The lowest BCUT2D eigenvalue weighted by atomic mass is 9.99. The number of hydrogen-bond acceptors (Lipinski definition) is 2. The second kappa shape index (κ2) is 11.0. The van der Waals surface area contributed by atoms with E-state index in [-0.39, 0.29) is 29.2 Å². The summed E-state index contributed by atoms with van der Waals surface area (Å²) in [6.07, 6.45) is 1.08. The van der Waals surface area contributed by atoms with Gasteiger partial charge in [0.1, 0.15) is 17.5 Å². The van der Waals surface area contributed by atoms with Crippen LogP contribution in [0.2, 0.25) is 0 Å². The van der Waals surface area contributed by atoms with E-state index >= 15 is 0 Å². The normalized spacial score (nSPS) is 18.6. The van der Waals surface area contributed by atoms with Crippen molar-refractivity contribution in [1.29, 1.82) is 0 Å². The standard InChI is InChI=1S/C27H20F8O2/c1-2-3-13-11-36-27(37-12-13)14-4-5-17(18(28)6-14)15-7-19(29)23(20(30)8-15)26(35)24(33)16-9-21(31)25(34)22(32)10-16/h4-10,13,27H,2-3,11-12H2,1H3. The second-order valence-electron chi connectivity index (χ2n) is 8.59. The number of hydrogen-bond donors (Lipinski definition) is 0. The van der Waals surface area contributed by atoms with Crippen LogP contribution in [0.1, 0.15) is 42.7 Å². The molecule has 3 aromatic rings. The average molecular weight is 528 g/mol. The Labute approximate surface area is 207 Å². The zero-order chi connectivity index (χ0) is 26.9. The third-order valence-electron chi connectivity index (χ3n) is 5.93. The van der Waals surface area contributed by atoms with E-state index in [1.54, 1.807) is 0 Å². The molecule has 0 amide bonds. The van der Waals surface area contributed by atoms with Crippen LogP contribution < -0.4 is 0 Å². The van der Waals surface area contributed by atoms with Gasteiger partial charge in [-0.15, -0.1) is 0 Å². The van der Waals surface area contributed by atoms with E-state index in [2.05, 4.69) is 0 Å². The lowest BCUT2D eigenvalue weighted by Gasteiger charge is -2.29. The quantitative estimate of drug-likeness (QED) is 0.182. The lowest BCUT2D eigenvalue weighted by molar-refractivity contribution is -0.206. The monoisotopic (exact) mass is 528 g/mol. The molecule has 2 nitrogen and oxygen atoms in total. The molecular formula is C27H20F8O2. The minimum Gasteiger partial charge on any atom is -0.348 e. The summed E-state index contributed by atoms with van der Waals surface area (Å²) in [5, 5.41) is 0. The van der Waals surface area contributed by atoms with Crippen molar-refractivity contribution in [3.05, 3.63) is 94.1 Å². The van der Waals surface area contributed by atoms with Gasteiger partial charge in [-0.2, -0.15) is 0 Å². The van der Waals surface area contributed by atoms with Crippen LogP contribution >= 0.6 is 0 Å². The van der Waals surface area contributed by atoms with Crippen molar-refractivity contribution in [2.75, 3.05) is 13.2 Å². The molecule has 3 aromatic carbocycles. The van der Waals surface area contributed by atoms with Crippen LogP contribution in [0.3, 0.4) is 0 Å². The van der Waals surface area contributed by atoms with Crippen LogP contribution in [0.15, 0.2) is 42.5 Å². The molecule has 0 saturated carbocycles. The van der Waals surface area contributed by atoms with Gasteiger partial charge in [0.2, 0.25) is 0 Å². The third kappa shape index (κ3) is 5.55. The highest BCUT2D eigenvalue weighted by Gasteiger charge is 2.26. The van der Waals surface area contributed by atoms with Crippen LogP contribution in [0.5, 0.6) is 0 Å². The molecule has 0 unspecified atom stereocenters. The van der Waals surface area contributed by atoms with Gasteiger partial charge in [-0.3, -0.25) is 0 Å². The molecule has 1 aliphatic heterocycles. The van der Waals surface area contributed by atoms with Crippen LogP contribution in [-0.2, 0) is 9.47 Å². The highest BCUT2D eigenvalue weighted by Crippen LogP contribution is 2.36. The third-order valence-corrected chi connectivity index (χ3v) is 5.93. The molecule has 1 saturated heterocycles. The topological polar surface area (TPSA) is 18.5 Å². The van der Waals surface area contributed by atoms with Gasteiger partial charge in [-0.1, -0.05) is 25.5 Å². The van der Waals surface area contributed by atoms with Gasteiger partial charge < -0.3 is 9.47 Å². The average Bonchev–Trinajstić information content (AvgIpc) is 2.86. The van der Waals surface area contributed by atoms with Crippen LogP contribution in [0.25, 0.3) is 22.8 Å². The minimum atomic E-state index is -2.12. The number of ether oxygens (including phenoxy) is 2. The van der Waals surface area contributed by atoms with E-state index in [0.29, 0.717) is 30.9 Å². The Hall–Kier alpha value is -3.24. The predicted molar refractivity (Wildman–Crippen MR) is 120 cm³/mol. The molecule has 0 aromatic heterocycles. The van der Waals surface area contributed by atoms with E-state index in [0.717, 1.165) is 18.9 Å². The van der Waals surface area contributed by atoms with E-state index in [1.165, 1.54) is 12.1 Å². The first-order valence-corrected chi connectivity index (χ1v) is 11.3. The maximum atomic E-state index is 14.9. The van der Waals surface area contributed by atoms with E-state index in [1.807, 2.05) is 6.92 Å². The molecule has 1 heterocycles. The maximum Gasteiger partial charge on any atom is 0.194 e. The Kier molecular flexibility index (Phi) is 7.99. The van der Waals surface area contributed by atoms with E-state index < -0.39 is 64.0 Å². The molecule has 0 bridgehead atoms. The molecule has 0 N–H and O–H groups in total. The van der Waals surface area contributed by atoms with Crippen molar-refractivity contribution in [2.45, 2.75) is 26.1 Å². The van der Waals surface area contributed by atoms with E-state index in [9.17, 15) is 35.1 Å². The molecule has 196 valence electrons. The van der Waals surface area contributed by atoms with Gasteiger partial charge in [0.05, 0.1) is 18.8 Å². The summed E-state index contributed by atoms with van der Waals surface area (Å²) in [6.45, 7) is 2.91. The van der Waals surface area contributed by atoms with Gasteiger partial charge in [-0.05, 0) is 42.3 Å². The number of benzene rings is 3. The fourth-order valence-electron chi connectivity index (χ4n) is 4.08. The summed E-state index contributed by atoms with van der Waals surface area (Å²) in [5.74, 6) is -13.5. The second-order valence-corrected chi connectivity index (χ2v) is 8.59. The fourth-order valence-corrected chi connectivity index (χ4v) is 4.08. The predicted octanol–water partition coefficient (Wildman–Crippen LogP) is 8.41. The van der Waals surface area contributed by atoms with Crippen LogP contribution in [0.4, 0.5) is 35.1 Å². The van der Waals surface area contributed by atoms with Crippen molar-refractivity contribution in [2.24, 2.45) is 5.92 Å². The summed E-state index contributed by atoms with van der Waals surface area (Å²) in [5.41, 5.74) is -2.78. The maximum absolute atomic E-state index is 14.9. The van der Waals surface area contributed by atoms with E-state index in [4.69, 9.17) is 9.47 Å². The molecule has 37 heavy (non-hydrogen) atoms. The zero-order valence-corrected chi connectivity index (χ0v) is 19.4. The van der Waals surface area contributed by atoms with Crippen molar-refractivity contribution in [1.82, 2.24) is 0 Å². The molecule has 4 rings (SSSR count). The SMILES string of the molecule is CCCC1COC(c2ccc(-c3cc(F)c(C(F)=C(F)c4cc(F)c(F)c(F)c4)c(F)c3)c(F)c2)OC1. The molecule has 0 aliphatic carbocycles. The Balaban J connectivity index is 1.62. The first-order valence-electron chi connectivity index (χ1n) is 11.3. The highest BCUT2D eigenvalue weighted by molar-refractivity contribution is 5.84. The molecule has 1 fully saturated rings. The van der Waals surface area contributed by atoms with Crippen molar-refractivity contribution in [3.63, 3.8) is 0 Å². The van der Waals surface area contributed by atoms with Gasteiger partial charge >= 0.3 is 0 Å². The summed E-state index contributed by atoms with van der Waals surface area (Å²) in [4.78, 5) is 0. The van der Waals surface area contributed by atoms with Crippen molar-refractivity contribution in [3.8, 4) is 11.1 Å². The summed E-state index contributed by atoms with van der Waals surface area (Å²) >= 11 is 0. The largest absolute Gasteiger partial charge is 0.348 e. The van der Waals surface area contributed by atoms with Gasteiger partial charge in [0, 0.05) is 22.6 Å². The minimum absolute atomic E-state index is 0.137. The highest BCUT2D eigenvalue weighted by atomic mass is 19.2. The fraction of sp³-hybridized carbons (Fsp3) is 0.259. The molecular weight excluding hydrogens is 508 g/mol. The first-order chi connectivity index (χ1) is 17.6. The molecule has 1 aliphatic rings. The Bertz CT molecular complexity index is 1300. The summed E-state index contributed by atoms with van der Waals surface area (Å²) < 4.78 is 124. The Morgan fingerprint density at radius 1 is 0.757 bits per heavy atom.